The summed E-state index contributed by atoms with van der Waals surface area (Å²) in [6.45, 7) is 2.17. The number of unbranched alkanes of at least 4 members (excludes halogenated alkanes) is 1. The third-order valence-corrected chi connectivity index (χ3v) is 4.41. The van der Waals surface area contributed by atoms with Gasteiger partial charge in [-0.15, -0.1) is 0 Å². The van der Waals surface area contributed by atoms with Gasteiger partial charge in [0.15, 0.2) is 0 Å². The SMILES string of the molecule is CCCCc1ccc(CC(=O)NC2(CC(=O)O)CCC2)cc1. The maximum Gasteiger partial charge on any atom is 0.305 e. The van der Waals surface area contributed by atoms with Gasteiger partial charge in [-0.3, -0.25) is 9.59 Å². The first-order chi connectivity index (χ1) is 10.5. The summed E-state index contributed by atoms with van der Waals surface area (Å²) >= 11 is 0. The molecule has 1 aromatic carbocycles. The number of carboxylic acids is 1. The van der Waals surface area contributed by atoms with Gasteiger partial charge in [-0.25, -0.2) is 0 Å². The topological polar surface area (TPSA) is 66.4 Å². The van der Waals surface area contributed by atoms with Crippen LogP contribution in [-0.4, -0.2) is 22.5 Å². The fourth-order valence-corrected chi connectivity index (χ4v) is 2.97. The third kappa shape index (κ3) is 4.58. The zero-order valence-corrected chi connectivity index (χ0v) is 13.2. The van der Waals surface area contributed by atoms with Crippen LogP contribution in [0.15, 0.2) is 24.3 Å². The van der Waals surface area contributed by atoms with Crippen LogP contribution >= 0.6 is 0 Å². The minimum absolute atomic E-state index is 0.0225. The fraction of sp³-hybridized carbons (Fsp3) is 0.556. The van der Waals surface area contributed by atoms with E-state index >= 15 is 0 Å². The molecule has 0 spiro atoms. The zero-order chi connectivity index (χ0) is 16.0. The first kappa shape index (κ1) is 16.5. The predicted octanol–water partition coefficient (Wildman–Crippen LogP) is 3.09. The Morgan fingerprint density at radius 3 is 2.32 bits per heavy atom. The largest absolute Gasteiger partial charge is 0.481 e. The lowest BCUT2D eigenvalue weighted by atomic mass is 9.74. The Bertz CT molecular complexity index is 518. The van der Waals surface area contributed by atoms with Crippen LogP contribution in [0.1, 0.15) is 56.6 Å². The molecule has 0 heterocycles. The summed E-state index contributed by atoms with van der Waals surface area (Å²) < 4.78 is 0. The van der Waals surface area contributed by atoms with Gasteiger partial charge in [0.05, 0.1) is 18.4 Å². The third-order valence-electron chi connectivity index (χ3n) is 4.41. The van der Waals surface area contributed by atoms with Crippen molar-refractivity contribution in [2.24, 2.45) is 0 Å². The van der Waals surface area contributed by atoms with Crippen LogP contribution < -0.4 is 5.32 Å². The molecule has 2 N–H and O–H groups in total. The highest BCUT2D eigenvalue weighted by molar-refractivity contribution is 5.80. The molecule has 1 fully saturated rings. The molecule has 0 unspecified atom stereocenters. The van der Waals surface area contributed by atoms with Gasteiger partial charge in [0.25, 0.3) is 0 Å². The number of carboxylic acid groups (broad SMARTS) is 1. The van der Waals surface area contributed by atoms with Gasteiger partial charge >= 0.3 is 5.97 Å². The smallest absolute Gasteiger partial charge is 0.305 e. The Morgan fingerprint density at radius 2 is 1.82 bits per heavy atom. The quantitative estimate of drug-likeness (QED) is 0.775. The highest BCUT2D eigenvalue weighted by Gasteiger charge is 2.40. The van der Waals surface area contributed by atoms with E-state index in [0.717, 1.165) is 31.2 Å². The number of nitrogens with one attached hydrogen (secondary N) is 1. The summed E-state index contributed by atoms with van der Waals surface area (Å²) in [7, 11) is 0. The number of hydrogen-bond donors (Lipinski definition) is 2. The Hall–Kier alpha value is -1.84. The molecule has 1 amide bonds. The van der Waals surface area contributed by atoms with Crippen LogP contribution in [0, 0.1) is 0 Å². The van der Waals surface area contributed by atoms with Crippen molar-refractivity contribution in [3.8, 4) is 0 Å². The summed E-state index contributed by atoms with van der Waals surface area (Å²) in [6, 6.07) is 8.15. The molecule has 1 saturated carbocycles. The van der Waals surface area contributed by atoms with Gasteiger partial charge in [0, 0.05) is 0 Å². The molecule has 0 atom stereocenters. The van der Waals surface area contributed by atoms with Gasteiger partial charge in [0.2, 0.25) is 5.91 Å². The van der Waals surface area contributed by atoms with Crippen LogP contribution in [0.3, 0.4) is 0 Å². The first-order valence-corrected chi connectivity index (χ1v) is 8.14. The second-order valence-electron chi connectivity index (χ2n) is 6.35. The standard InChI is InChI=1S/C18H25NO3/c1-2-3-5-14-6-8-15(9-7-14)12-16(20)19-18(10-4-11-18)13-17(21)22/h6-9H,2-5,10-13H2,1H3,(H,19,20)(H,21,22). The number of amides is 1. The Kier molecular flexibility index (Phi) is 5.58. The molecule has 120 valence electrons. The second-order valence-corrected chi connectivity index (χ2v) is 6.35. The predicted molar refractivity (Wildman–Crippen MR) is 85.7 cm³/mol. The van der Waals surface area contributed by atoms with Crippen molar-refractivity contribution in [2.45, 2.75) is 63.8 Å². The first-order valence-electron chi connectivity index (χ1n) is 8.14. The fourth-order valence-electron chi connectivity index (χ4n) is 2.97. The van der Waals surface area contributed by atoms with E-state index in [2.05, 4.69) is 24.4 Å². The molecule has 0 aliphatic heterocycles. The minimum Gasteiger partial charge on any atom is -0.481 e. The van der Waals surface area contributed by atoms with E-state index in [9.17, 15) is 9.59 Å². The average Bonchev–Trinajstić information content (AvgIpc) is 2.43. The summed E-state index contributed by atoms with van der Waals surface area (Å²) in [5.74, 6) is -0.928. The number of rotatable bonds is 8. The van der Waals surface area contributed by atoms with E-state index in [-0.39, 0.29) is 12.3 Å². The number of carbonyl (C=O) groups is 2. The van der Waals surface area contributed by atoms with Crippen LogP contribution in [0.5, 0.6) is 0 Å². The maximum absolute atomic E-state index is 12.2. The summed E-state index contributed by atoms with van der Waals surface area (Å²) in [4.78, 5) is 23.1. The van der Waals surface area contributed by atoms with Gasteiger partial charge in [0.1, 0.15) is 0 Å². The van der Waals surface area contributed by atoms with E-state index in [0.29, 0.717) is 6.42 Å². The molecular formula is C18H25NO3. The van der Waals surface area contributed by atoms with Gasteiger partial charge < -0.3 is 10.4 Å². The molecule has 0 aromatic heterocycles. The van der Waals surface area contributed by atoms with E-state index in [1.54, 1.807) is 0 Å². The highest BCUT2D eigenvalue weighted by Crippen LogP contribution is 2.34. The van der Waals surface area contributed by atoms with Crippen LogP contribution in [-0.2, 0) is 22.4 Å². The lowest BCUT2D eigenvalue weighted by Gasteiger charge is -2.41. The monoisotopic (exact) mass is 303 g/mol. The Labute approximate surface area is 131 Å². The van der Waals surface area contributed by atoms with Crippen molar-refractivity contribution in [1.82, 2.24) is 5.32 Å². The van der Waals surface area contributed by atoms with Crippen molar-refractivity contribution in [3.63, 3.8) is 0 Å². The molecule has 4 nitrogen and oxygen atoms in total. The van der Waals surface area contributed by atoms with Crippen LogP contribution in [0.2, 0.25) is 0 Å². The molecule has 0 bridgehead atoms. The Morgan fingerprint density at radius 1 is 1.18 bits per heavy atom. The number of benzene rings is 1. The Balaban J connectivity index is 1.87. The molecule has 0 saturated heterocycles. The van der Waals surface area contributed by atoms with Gasteiger partial charge in [-0.1, -0.05) is 37.6 Å². The van der Waals surface area contributed by atoms with Crippen molar-refractivity contribution < 1.29 is 14.7 Å². The van der Waals surface area contributed by atoms with Crippen molar-refractivity contribution in [2.75, 3.05) is 0 Å². The zero-order valence-electron chi connectivity index (χ0n) is 13.2. The van der Waals surface area contributed by atoms with Crippen molar-refractivity contribution >= 4 is 11.9 Å². The van der Waals surface area contributed by atoms with Gasteiger partial charge in [-0.05, 0) is 43.2 Å². The average molecular weight is 303 g/mol. The summed E-state index contributed by atoms with van der Waals surface area (Å²) in [6.07, 6.45) is 6.28. The molecular weight excluding hydrogens is 278 g/mol. The number of hydrogen-bond acceptors (Lipinski definition) is 2. The molecule has 0 radical (unpaired) electrons. The number of aliphatic carboxylic acids is 1. The number of carbonyl (C=O) groups excluding carboxylic acids is 1. The summed E-state index contributed by atoms with van der Waals surface area (Å²) in [5.41, 5.74) is 1.76. The minimum atomic E-state index is -0.847. The molecule has 4 heteroatoms. The van der Waals surface area contributed by atoms with E-state index < -0.39 is 11.5 Å². The molecule has 2 rings (SSSR count). The van der Waals surface area contributed by atoms with Crippen molar-refractivity contribution in [3.05, 3.63) is 35.4 Å². The maximum atomic E-state index is 12.2. The van der Waals surface area contributed by atoms with Crippen LogP contribution in [0.4, 0.5) is 0 Å². The molecule has 1 aromatic rings. The van der Waals surface area contributed by atoms with Crippen molar-refractivity contribution in [1.29, 1.82) is 0 Å². The molecule has 1 aliphatic carbocycles. The highest BCUT2D eigenvalue weighted by atomic mass is 16.4. The lowest BCUT2D eigenvalue weighted by Crippen LogP contribution is -2.55. The van der Waals surface area contributed by atoms with E-state index in [1.165, 1.54) is 18.4 Å². The van der Waals surface area contributed by atoms with Gasteiger partial charge in [-0.2, -0.15) is 0 Å². The van der Waals surface area contributed by atoms with Crippen LogP contribution in [0.25, 0.3) is 0 Å². The lowest BCUT2D eigenvalue weighted by molar-refractivity contribution is -0.140. The van der Waals surface area contributed by atoms with E-state index in [1.807, 2.05) is 12.1 Å². The molecule has 1 aliphatic rings. The van der Waals surface area contributed by atoms with E-state index in [4.69, 9.17) is 5.11 Å². The molecule has 22 heavy (non-hydrogen) atoms. The second kappa shape index (κ2) is 7.43. The number of aryl methyl sites for hydroxylation is 1. The normalized spacial score (nSPS) is 15.9. The summed E-state index contributed by atoms with van der Waals surface area (Å²) in [5, 5.41) is 11.9.